The minimum absolute atomic E-state index is 0.562. The highest BCUT2D eigenvalue weighted by atomic mass is 16.5. The van der Waals surface area contributed by atoms with Crippen LogP contribution in [0.15, 0.2) is 67.3 Å². The molecule has 0 amide bonds. The smallest absolute Gasteiger partial charge is 0.203 e. The molecule has 5 aromatic rings. The number of rotatable bonds is 5. The average Bonchev–Trinajstić information content (AvgIpc) is 3.43. The number of methoxy groups -OCH3 is 3. The number of hydrogen-bond acceptors (Lipinski definition) is 4. The molecule has 6 nitrogen and oxygen atoms in total. The van der Waals surface area contributed by atoms with Gasteiger partial charge in [-0.3, -0.25) is 4.98 Å². The lowest BCUT2D eigenvalue weighted by molar-refractivity contribution is 0.324. The van der Waals surface area contributed by atoms with Gasteiger partial charge in [0, 0.05) is 41.4 Å². The van der Waals surface area contributed by atoms with Crippen molar-refractivity contribution in [3.8, 4) is 39.6 Å². The molecule has 0 bridgehead atoms. The fourth-order valence-corrected chi connectivity index (χ4v) is 3.87. The van der Waals surface area contributed by atoms with E-state index < -0.39 is 0 Å². The normalized spacial score (nSPS) is 11.2. The Labute approximate surface area is 173 Å². The Bertz CT molecular complexity index is 1340. The minimum atomic E-state index is 0.562. The van der Waals surface area contributed by atoms with Gasteiger partial charge in [-0.25, -0.2) is 0 Å². The molecular formula is C24H21N3O3. The Balaban J connectivity index is 1.67. The van der Waals surface area contributed by atoms with Gasteiger partial charge in [-0.2, -0.15) is 0 Å². The zero-order valence-electron chi connectivity index (χ0n) is 17.0. The highest BCUT2D eigenvalue weighted by Crippen LogP contribution is 2.42. The molecule has 3 heterocycles. The van der Waals surface area contributed by atoms with Crippen LogP contribution in [0.1, 0.15) is 0 Å². The molecule has 5 rings (SSSR count). The maximum atomic E-state index is 5.52. The summed E-state index contributed by atoms with van der Waals surface area (Å²) in [5, 5.41) is 1.19. The number of nitrogens with zero attached hydrogens (tertiary/aromatic N) is 2. The summed E-state index contributed by atoms with van der Waals surface area (Å²) in [5.41, 5.74) is 6.13. The fourth-order valence-electron chi connectivity index (χ4n) is 3.87. The molecule has 6 heteroatoms. The van der Waals surface area contributed by atoms with Crippen molar-refractivity contribution in [2.75, 3.05) is 21.3 Å². The van der Waals surface area contributed by atoms with E-state index in [2.05, 4.69) is 50.9 Å². The quantitative estimate of drug-likeness (QED) is 0.443. The van der Waals surface area contributed by atoms with Crippen molar-refractivity contribution >= 4 is 16.4 Å². The van der Waals surface area contributed by atoms with Crippen LogP contribution < -0.4 is 14.2 Å². The van der Waals surface area contributed by atoms with E-state index in [-0.39, 0.29) is 0 Å². The lowest BCUT2D eigenvalue weighted by Gasteiger charge is -2.14. The van der Waals surface area contributed by atoms with E-state index in [1.54, 1.807) is 27.5 Å². The van der Waals surface area contributed by atoms with E-state index >= 15 is 0 Å². The second kappa shape index (κ2) is 7.15. The number of ether oxygens (including phenoxy) is 3. The number of fused-ring (bicyclic) bond motifs is 2. The van der Waals surface area contributed by atoms with Gasteiger partial charge in [0.05, 0.1) is 32.5 Å². The summed E-state index contributed by atoms with van der Waals surface area (Å²) in [6, 6.07) is 14.5. The SMILES string of the molecule is COc1cc(-c2nccn3cc(-c4ccc5[nH]ccc5c4)cc23)cc(OC)c1OC. The molecule has 150 valence electrons. The maximum absolute atomic E-state index is 5.52. The van der Waals surface area contributed by atoms with E-state index in [0.29, 0.717) is 17.2 Å². The minimum Gasteiger partial charge on any atom is -0.493 e. The van der Waals surface area contributed by atoms with Gasteiger partial charge in [0.2, 0.25) is 5.75 Å². The van der Waals surface area contributed by atoms with Crippen molar-refractivity contribution in [1.82, 2.24) is 14.4 Å². The molecule has 0 aliphatic carbocycles. The first-order valence-electron chi connectivity index (χ1n) is 9.56. The summed E-state index contributed by atoms with van der Waals surface area (Å²) in [7, 11) is 4.82. The lowest BCUT2D eigenvalue weighted by Crippen LogP contribution is -1.97. The second-order valence-electron chi connectivity index (χ2n) is 6.99. The lowest BCUT2D eigenvalue weighted by atomic mass is 10.1. The van der Waals surface area contributed by atoms with Gasteiger partial charge >= 0.3 is 0 Å². The van der Waals surface area contributed by atoms with Crippen LogP contribution >= 0.6 is 0 Å². The predicted molar refractivity (Wildman–Crippen MR) is 118 cm³/mol. The highest BCUT2D eigenvalue weighted by molar-refractivity contribution is 5.88. The van der Waals surface area contributed by atoms with Gasteiger partial charge in [0.1, 0.15) is 0 Å². The molecule has 30 heavy (non-hydrogen) atoms. The zero-order valence-corrected chi connectivity index (χ0v) is 17.0. The Hall–Kier alpha value is -3.93. The molecule has 0 fully saturated rings. The van der Waals surface area contributed by atoms with Crippen LogP contribution in [0.3, 0.4) is 0 Å². The van der Waals surface area contributed by atoms with Crippen LogP contribution in [0.4, 0.5) is 0 Å². The molecule has 0 aliphatic heterocycles. The first-order chi connectivity index (χ1) is 14.7. The highest BCUT2D eigenvalue weighted by Gasteiger charge is 2.17. The third kappa shape index (κ3) is 2.85. The molecular weight excluding hydrogens is 378 g/mol. The zero-order chi connectivity index (χ0) is 20.7. The standard InChI is InChI=1S/C24H21N3O3/c1-28-21-12-17(13-22(29-2)24(21)30-3)23-20-11-18(14-27(20)9-8-26-23)15-4-5-19-16(10-15)6-7-25-19/h4-14,25H,1-3H3. The van der Waals surface area contributed by atoms with Crippen molar-refractivity contribution in [3.05, 3.63) is 67.3 Å². The van der Waals surface area contributed by atoms with Gasteiger partial charge in [0.25, 0.3) is 0 Å². The summed E-state index contributed by atoms with van der Waals surface area (Å²) in [6.07, 6.45) is 7.82. The monoisotopic (exact) mass is 399 g/mol. The van der Waals surface area contributed by atoms with Crippen molar-refractivity contribution in [2.45, 2.75) is 0 Å². The molecule has 1 N–H and O–H groups in total. The number of hydrogen-bond donors (Lipinski definition) is 1. The first kappa shape index (κ1) is 18.1. The largest absolute Gasteiger partial charge is 0.493 e. The van der Waals surface area contributed by atoms with E-state index in [9.17, 15) is 0 Å². The van der Waals surface area contributed by atoms with Crippen molar-refractivity contribution in [3.63, 3.8) is 0 Å². The number of aromatic amines is 1. The molecule has 0 saturated carbocycles. The molecule has 0 saturated heterocycles. The van der Waals surface area contributed by atoms with Gasteiger partial charge in [-0.15, -0.1) is 0 Å². The molecule has 2 aromatic carbocycles. The Morgan fingerprint density at radius 2 is 1.63 bits per heavy atom. The van der Waals surface area contributed by atoms with Crippen molar-refractivity contribution < 1.29 is 14.2 Å². The predicted octanol–water partition coefficient (Wildman–Crippen LogP) is 5.18. The van der Waals surface area contributed by atoms with Gasteiger partial charge in [-0.05, 0) is 47.3 Å². The number of H-pyrrole nitrogens is 1. The van der Waals surface area contributed by atoms with E-state index in [0.717, 1.165) is 33.4 Å². The molecule has 0 atom stereocenters. The molecule has 3 aromatic heterocycles. The van der Waals surface area contributed by atoms with Crippen LogP contribution in [0, 0.1) is 0 Å². The van der Waals surface area contributed by atoms with E-state index in [1.165, 1.54) is 5.39 Å². The Morgan fingerprint density at radius 1 is 0.833 bits per heavy atom. The van der Waals surface area contributed by atoms with Crippen LogP contribution in [0.25, 0.3) is 38.8 Å². The number of nitrogens with one attached hydrogen (secondary N) is 1. The van der Waals surface area contributed by atoms with Crippen LogP contribution in [-0.2, 0) is 0 Å². The fraction of sp³-hybridized carbons (Fsp3) is 0.125. The van der Waals surface area contributed by atoms with Crippen LogP contribution in [0.2, 0.25) is 0 Å². The van der Waals surface area contributed by atoms with Gasteiger partial charge in [-0.1, -0.05) is 6.07 Å². The third-order valence-corrected chi connectivity index (χ3v) is 5.35. The van der Waals surface area contributed by atoms with E-state index in [1.807, 2.05) is 24.5 Å². The van der Waals surface area contributed by atoms with Crippen LogP contribution in [-0.4, -0.2) is 35.7 Å². The first-order valence-corrected chi connectivity index (χ1v) is 9.56. The molecule has 0 aliphatic rings. The maximum Gasteiger partial charge on any atom is 0.203 e. The summed E-state index contributed by atoms with van der Waals surface area (Å²) >= 11 is 0. The van der Waals surface area contributed by atoms with Crippen molar-refractivity contribution in [1.29, 1.82) is 0 Å². The summed E-state index contributed by atoms with van der Waals surface area (Å²) in [5.74, 6) is 1.76. The Morgan fingerprint density at radius 3 is 2.37 bits per heavy atom. The van der Waals surface area contributed by atoms with Crippen LogP contribution in [0.5, 0.6) is 17.2 Å². The third-order valence-electron chi connectivity index (χ3n) is 5.35. The van der Waals surface area contributed by atoms with Gasteiger partial charge < -0.3 is 23.6 Å². The Kier molecular flexibility index (Phi) is 4.32. The van der Waals surface area contributed by atoms with Gasteiger partial charge in [0.15, 0.2) is 11.5 Å². The topological polar surface area (TPSA) is 60.8 Å². The molecule has 0 spiro atoms. The number of benzene rings is 2. The number of aromatic nitrogens is 3. The summed E-state index contributed by atoms with van der Waals surface area (Å²) in [4.78, 5) is 7.89. The van der Waals surface area contributed by atoms with E-state index in [4.69, 9.17) is 14.2 Å². The van der Waals surface area contributed by atoms with Crippen molar-refractivity contribution in [2.24, 2.45) is 0 Å². The summed E-state index contributed by atoms with van der Waals surface area (Å²) in [6.45, 7) is 0. The second-order valence-corrected chi connectivity index (χ2v) is 6.99. The molecule has 0 unspecified atom stereocenters. The molecule has 0 radical (unpaired) electrons. The summed E-state index contributed by atoms with van der Waals surface area (Å²) < 4.78 is 18.6. The average molecular weight is 399 g/mol.